The van der Waals surface area contributed by atoms with Crippen LogP contribution in [-0.2, 0) is 9.47 Å². The molecule has 24 heavy (non-hydrogen) atoms. The van der Waals surface area contributed by atoms with Crippen molar-refractivity contribution in [1.29, 1.82) is 0 Å². The highest BCUT2D eigenvalue weighted by molar-refractivity contribution is 5.71. The van der Waals surface area contributed by atoms with Crippen molar-refractivity contribution in [3.8, 4) is 0 Å². The Bertz CT molecular complexity index is 423. The first-order valence-electron chi connectivity index (χ1n) is 9.11. The van der Waals surface area contributed by atoms with E-state index in [0.29, 0.717) is 24.4 Å². The van der Waals surface area contributed by atoms with Gasteiger partial charge >= 0.3 is 0 Å². The van der Waals surface area contributed by atoms with Gasteiger partial charge in [0.1, 0.15) is 5.60 Å². The number of aliphatic hydroxyl groups excluding tert-OH is 1. The first-order valence-corrected chi connectivity index (χ1v) is 9.11. The Kier molecular flexibility index (Phi) is 7.52. The Morgan fingerprint density at radius 3 is 2.58 bits per heavy atom. The van der Waals surface area contributed by atoms with Crippen LogP contribution in [0.5, 0.6) is 0 Å². The first kappa shape index (κ1) is 19.2. The second-order valence-electron chi connectivity index (χ2n) is 7.31. The van der Waals surface area contributed by atoms with Gasteiger partial charge in [-0.3, -0.25) is 9.89 Å². The standard InChI is InChI=1S/C18H33N3O3/c1-18(2,8-12-22)24-17(19)7-9-20-15-3-5-16(6-4-15)21-10-13-23-14-11-21/h7,9,15-16,22H,3-6,8,10-14,19H2,1-2H3/b17-7+,20-9?. The van der Waals surface area contributed by atoms with Crippen molar-refractivity contribution in [3.05, 3.63) is 12.0 Å². The summed E-state index contributed by atoms with van der Waals surface area (Å²) in [6.45, 7) is 7.78. The summed E-state index contributed by atoms with van der Waals surface area (Å²) in [4.78, 5) is 7.19. The molecule has 0 spiro atoms. The number of aliphatic hydroxyl groups is 1. The molecule has 0 bridgehead atoms. The fourth-order valence-corrected chi connectivity index (χ4v) is 3.43. The fraction of sp³-hybridized carbons (Fsp3) is 0.833. The van der Waals surface area contributed by atoms with Gasteiger partial charge in [0.2, 0.25) is 0 Å². The van der Waals surface area contributed by atoms with Gasteiger partial charge in [0.05, 0.1) is 19.3 Å². The van der Waals surface area contributed by atoms with Crippen LogP contribution in [0.3, 0.4) is 0 Å². The molecular formula is C18H33N3O3. The van der Waals surface area contributed by atoms with Crippen LogP contribution < -0.4 is 5.73 Å². The van der Waals surface area contributed by atoms with E-state index in [-0.39, 0.29) is 6.61 Å². The fourth-order valence-electron chi connectivity index (χ4n) is 3.43. The number of morpholine rings is 1. The molecule has 0 unspecified atom stereocenters. The minimum absolute atomic E-state index is 0.0841. The number of rotatable bonds is 7. The topological polar surface area (TPSA) is 80.3 Å². The maximum absolute atomic E-state index is 9.00. The summed E-state index contributed by atoms with van der Waals surface area (Å²) in [7, 11) is 0. The molecule has 1 aliphatic carbocycles. The third-order valence-corrected chi connectivity index (χ3v) is 4.87. The number of hydrogen-bond acceptors (Lipinski definition) is 6. The zero-order valence-corrected chi connectivity index (χ0v) is 15.1. The van der Waals surface area contributed by atoms with E-state index in [9.17, 15) is 0 Å². The number of nitrogens with two attached hydrogens (primary N) is 1. The smallest absolute Gasteiger partial charge is 0.186 e. The molecule has 1 saturated heterocycles. The van der Waals surface area contributed by atoms with Gasteiger partial charge in [0, 0.05) is 44.4 Å². The van der Waals surface area contributed by atoms with Gasteiger partial charge < -0.3 is 20.3 Å². The van der Waals surface area contributed by atoms with Gasteiger partial charge in [-0.15, -0.1) is 0 Å². The number of aliphatic imine (C=N–C) groups is 1. The Hall–Kier alpha value is -1.11. The molecule has 0 radical (unpaired) electrons. The van der Waals surface area contributed by atoms with Crippen molar-refractivity contribution < 1.29 is 14.6 Å². The lowest BCUT2D eigenvalue weighted by Gasteiger charge is -2.38. The van der Waals surface area contributed by atoms with Gasteiger partial charge in [0.15, 0.2) is 5.88 Å². The minimum atomic E-state index is -0.459. The predicted molar refractivity (Wildman–Crippen MR) is 96.1 cm³/mol. The number of allylic oxidation sites excluding steroid dienone is 1. The van der Waals surface area contributed by atoms with Crippen molar-refractivity contribution in [2.75, 3.05) is 32.9 Å². The molecule has 1 aliphatic heterocycles. The molecule has 2 rings (SSSR count). The van der Waals surface area contributed by atoms with E-state index in [1.807, 2.05) is 13.8 Å². The summed E-state index contributed by atoms with van der Waals surface area (Å²) in [6.07, 6.45) is 8.70. The van der Waals surface area contributed by atoms with Gasteiger partial charge in [-0.25, -0.2) is 0 Å². The predicted octanol–water partition coefficient (Wildman–Crippen LogP) is 1.68. The van der Waals surface area contributed by atoms with Crippen molar-refractivity contribution in [2.45, 2.75) is 63.6 Å². The van der Waals surface area contributed by atoms with E-state index < -0.39 is 5.60 Å². The summed E-state index contributed by atoms with van der Waals surface area (Å²) in [5, 5.41) is 9.00. The molecule has 0 amide bonds. The van der Waals surface area contributed by atoms with E-state index in [4.69, 9.17) is 20.3 Å². The first-order chi connectivity index (χ1) is 11.5. The lowest BCUT2D eigenvalue weighted by atomic mass is 9.90. The number of hydrogen-bond donors (Lipinski definition) is 2. The molecular weight excluding hydrogens is 306 g/mol. The van der Waals surface area contributed by atoms with Crippen LogP contribution >= 0.6 is 0 Å². The van der Waals surface area contributed by atoms with Crippen LogP contribution in [-0.4, -0.2) is 66.8 Å². The van der Waals surface area contributed by atoms with Crippen LogP contribution in [0.15, 0.2) is 17.0 Å². The zero-order chi connectivity index (χ0) is 17.4. The van der Waals surface area contributed by atoms with Crippen molar-refractivity contribution in [2.24, 2.45) is 10.7 Å². The molecule has 0 aromatic carbocycles. The lowest BCUT2D eigenvalue weighted by Crippen LogP contribution is -2.45. The largest absolute Gasteiger partial charge is 0.473 e. The van der Waals surface area contributed by atoms with Crippen LogP contribution in [0, 0.1) is 0 Å². The highest BCUT2D eigenvalue weighted by Gasteiger charge is 2.26. The van der Waals surface area contributed by atoms with E-state index >= 15 is 0 Å². The minimum Gasteiger partial charge on any atom is -0.473 e. The SMILES string of the molecule is CC(C)(CCO)O/C(N)=C/C=NC1CCC(N2CCOCC2)CC1. The third-order valence-electron chi connectivity index (χ3n) is 4.87. The second-order valence-corrected chi connectivity index (χ2v) is 7.31. The van der Waals surface area contributed by atoms with Crippen LogP contribution in [0.4, 0.5) is 0 Å². The van der Waals surface area contributed by atoms with Crippen LogP contribution in [0.2, 0.25) is 0 Å². The highest BCUT2D eigenvalue weighted by Crippen LogP contribution is 2.25. The molecule has 1 heterocycles. The van der Waals surface area contributed by atoms with Gasteiger partial charge in [-0.1, -0.05) is 0 Å². The molecule has 0 aromatic rings. The molecule has 3 N–H and O–H groups in total. The molecule has 6 nitrogen and oxygen atoms in total. The number of nitrogens with zero attached hydrogens (tertiary/aromatic N) is 2. The van der Waals surface area contributed by atoms with E-state index in [1.165, 1.54) is 12.8 Å². The van der Waals surface area contributed by atoms with Gasteiger partial charge in [-0.05, 0) is 39.5 Å². The quantitative estimate of drug-likeness (QED) is 0.545. The molecule has 2 fully saturated rings. The zero-order valence-electron chi connectivity index (χ0n) is 15.1. The summed E-state index contributed by atoms with van der Waals surface area (Å²) in [5.41, 5.74) is 5.41. The van der Waals surface area contributed by atoms with Crippen LogP contribution in [0.1, 0.15) is 46.0 Å². The van der Waals surface area contributed by atoms with E-state index in [0.717, 1.165) is 39.1 Å². The average Bonchev–Trinajstić information content (AvgIpc) is 2.55. The van der Waals surface area contributed by atoms with E-state index in [2.05, 4.69) is 9.89 Å². The monoisotopic (exact) mass is 339 g/mol. The Balaban J connectivity index is 1.72. The Labute approximate surface area is 145 Å². The normalized spacial score (nSPS) is 27.5. The molecule has 138 valence electrons. The summed E-state index contributed by atoms with van der Waals surface area (Å²) in [5.74, 6) is 0.346. The summed E-state index contributed by atoms with van der Waals surface area (Å²) >= 11 is 0. The maximum atomic E-state index is 9.00. The molecule has 1 saturated carbocycles. The molecule has 6 heteroatoms. The van der Waals surface area contributed by atoms with Crippen LogP contribution in [0.25, 0.3) is 0 Å². The maximum Gasteiger partial charge on any atom is 0.186 e. The molecule has 0 atom stereocenters. The van der Waals surface area contributed by atoms with Crippen molar-refractivity contribution >= 4 is 6.21 Å². The number of ether oxygens (including phenoxy) is 2. The Morgan fingerprint density at radius 2 is 1.96 bits per heavy atom. The Morgan fingerprint density at radius 1 is 1.29 bits per heavy atom. The summed E-state index contributed by atoms with van der Waals surface area (Å²) < 4.78 is 11.1. The van der Waals surface area contributed by atoms with Crippen molar-refractivity contribution in [1.82, 2.24) is 4.90 Å². The van der Waals surface area contributed by atoms with Crippen molar-refractivity contribution in [3.63, 3.8) is 0 Å². The molecule has 0 aromatic heterocycles. The van der Waals surface area contributed by atoms with Gasteiger partial charge in [0.25, 0.3) is 0 Å². The second kappa shape index (κ2) is 9.39. The molecule has 2 aliphatic rings. The van der Waals surface area contributed by atoms with Gasteiger partial charge in [-0.2, -0.15) is 0 Å². The highest BCUT2D eigenvalue weighted by atomic mass is 16.5. The lowest BCUT2D eigenvalue weighted by molar-refractivity contribution is 0.00755. The summed E-state index contributed by atoms with van der Waals surface area (Å²) in [6, 6.07) is 1.08. The average molecular weight is 339 g/mol. The van der Waals surface area contributed by atoms with E-state index in [1.54, 1.807) is 12.3 Å². The third kappa shape index (κ3) is 6.42.